The minimum absolute atomic E-state index is 0.0414. The van der Waals surface area contributed by atoms with Crippen molar-refractivity contribution in [1.29, 1.82) is 0 Å². The van der Waals surface area contributed by atoms with Gasteiger partial charge in [-0.15, -0.1) is 11.3 Å². The van der Waals surface area contributed by atoms with E-state index in [0.29, 0.717) is 12.1 Å². The fourth-order valence-electron chi connectivity index (χ4n) is 2.62. The highest BCUT2D eigenvalue weighted by molar-refractivity contribution is 7.89. The van der Waals surface area contributed by atoms with Gasteiger partial charge in [0, 0.05) is 30.7 Å². The zero-order valence-corrected chi connectivity index (χ0v) is 16.2. The fourth-order valence-corrected chi connectivity index (χ4v) is 4.59. The van der Waals surface area contributed by atoms with Crippen molar-refractivity contribution in [1.82, 2.24) is 19.4 Å². The summed E-state index contributed by atoms with van der Waals surface area (Å²) in [6, 6.07) is 5.15. The predicted molar refractivity (Wildman–Crippen MR) is 101 cm³/mol. The molecule has 0 atom stereocenters. The number of sulfonamides is 1. The number of rotatable bonds is 7. The van der Waals surface area contributed by atoms with Gasteiger partial charge >= 0.3 is 0 Å². The minimum Gasteiger partial charge on any atom is -0.350 e. The van der Waals surface area contributed by atoms with Crippen molar-refractivity contribution in [3.05, 3.63) is 52.8 Å². The van der Waals surface area contributed by atoms with Crippen LogP contribution < -0.4 is 10.0 Å². The number of thiazole rings is 1. The molecule has 0 aliphatic heterocycles. The third kappa shape index (κ3) is 4.29. The van der Waals surface area contributed by atoms with Gasteiger partial charge in [-0.1, -0.05) is 17.7 Å². The first-order chi connectivity index (χ1) is 12.3. The maximum absolute atomic E-state index is 12.3. The minimum atomic E-state index is -3.62. The molecule has 3 aromatic rings. The Morgan fingerprint density at radius 1 is 1.31 bits per heavy atom. The number of carbonyl (C=O) groups is 1. The lowest BCUT2D eigenvalue weighted by atomic mass is 10.2. The standard InChI is InChI=1S/C17H20N4O3S2/c1-12-3-4-15(13(2)9-12)26(23,24)19-6-5-16(22)18-10-14-11-21-7-8-25-17(21)20-14/h3-4,7-9,11,19H,5-6,10H2,1-2H3,(H,18,22). The number of fused-ring (bicyclic) bond motifs is 1. The Kier molecular flexibility index (Phi) is 5.40. The van der Waals surface area contributed by atoms with Crippen molar-refractivity contribution < 1.29 is 13.2 Å². The van der Waals surface area contributed by atoms with E-state index in [4.69, 9.17) is 0 Å². The Bertz CT molecular complexity index is 1010. The average Bonchev–Trinajstić information content (AvgIpc) is 3.13. The fraction of sp³-hybridized carbons (Fsp3) is 0.294. The Morgan fingerprint density at radius 3 is 2.85 bits per heavy atom. The van der Waals surface area contributed by atoms with Gasteiger partial charge in [-0.3, -0.25) is 9.20 Å². The highest BCUT2D eigenvalue weighted by Crippen LogP contribution is 2.16. The zero-order valence-electron chi connectivity index (χ0n) is 14.5. The average molecular weight is 393 g/mol. The smallest absolute Gasteiger partial charge is 0.240 e. The number of hydrogen-bond acceptors (Lipinski definition) is 5. The Labute approximate surface area is 156 Å². The Balaban J connectivity index is 1.48. The molecule has 2 aromatic heterocycles. The second-order valence-electron chi connectivity index (χ2n) is 6.02. The van der Waals surface area contributed by atoms with Gasteiger partial charge in [-0.05, 0) is 25.5 Å². The summed E-state index contributed by atoms with van der Waals surface area (Å²) < 4.78 is 29.0. The first kappa shape index (κ1) is 18.6. The molecular formula is C17H20N4O3S2. The summed E-state index contributed by atoms with van der Waals surface area (Å²) in [5.74, 6) is -0.232. The molecule has 2 heterocycles. The van der Waals surface area contributed by atoms with Crippen molar-refractivity contribution >= 4 is 32.2 Å². The number of nitrogens with zero attached hydrogens (tertiary/aromatic N) is 2. The van der Waals surface area contributed by atoms with Crippen LogP contribution in [0.4, 0.5) is 0 Å². The molecule has 0 aliphatic rings. The molecule has 0 saturated heterocycles. The number of carbonyl (C=O) groups excluding carboxylic acids is 1. The molecule has 0 aliphatic carbocycles. The molecule has 0 spiro atoms. The molecule has 0 bridgehead atoms. The molecule has 3 rings (SSSR count). The molecule has 0 unspecified atom stereocenters. The highest BCUT2D eigenvalue weighted by Gasteiger charge is 2.16. The molecule has 2 N–H and O–H groups in total. The van der Waals surface area contributed by atoms with Gasteiger partial charge in [0.05, 0.1) is 17.1 Å². The maximum Gasteiger partial charge on any atom is 0.240 e. The number of aromatic nitrogens is 2. The third-order valence-electron chi connectivity index (χ3n) is 3.87. The van der Waals surface area contributed by atoms with Crippen molar-refractivity contribution in [2.75, 3.05) is 6.54 Å². The second kappa shape index (κ2) is 7.56. The van der Waals surface area contributed by atoms with Crippen LogP contribution in [0.3, 0.4) is 0 Å². The summed E-state index contributed by atoms with van der Waals surface area (Å²) in [5, 5.41) is 4.69. The van der Waals surface area contributed by atoms with Gasteiger partial charge in [0.2, 0.25) is 15.9 Å². The van der Waals surface area contributed by atoms with E-state index in [0.717, 1.165) is 16.2 Å². The molecule has 1 aromatic carbocycles. The van der Waals surface area contributed by atoms with E-state index in [1.54, 1.807) is 19.1 Å². The monoisotopic (exact) mass is 392 g/mol. The van der Waals surface area contributed by atoms with Crippen LogP contribution in [0.25, 0.3) is 4.96 Å². The first-order valence-electron chi connectivity index (χ1n) is 8.10. The van der Waals surface area contributed by atoms with E-state index in [1.807, 2.05) is 35.2 Å². The lowest BCUT2D eigenvalue weighted by Crippen LogP contribution is -2.31. The van der Waals surface area contributed by atoms with Crippen molar-refractivity contribution in [3.8, 4) is 0 Å². The maximum atomic E-state index is 12.3. The van der Waals surface area contributed by atoms with Crippen LogP contribution >= 0.6 is 11.3 Å². The summed E-state index contributed by atoms with van der Waals surface area (Å²) in [6.07, 6.45) is 3.82. The van der Waals surface area contributed by atoms with Crippen LogP contribution in [0.15, 0.2) is 40.9 Å². The number of nitrogens with one attached hydrogen (secondary N) is 2. The van der Waals surface area contributed by atoms with Crippen LogP contribution in [-0.2, 0) is 21.4 Å². The summed E-state index contributed by atoms with van der Waals surface area (Å²) >= 11 is 1.52. The highest BCUT2D eigenvalue weighted by atomic mass is 32.2. The SMILES string of the molecule is Cc1ccc(S(=O)(=O)NCCC(=O)NCc2cn3ccsc3n2)c(C)c1. The molecule has 26 heavy (non-hydrogen) atoms. The van der Waals surface area contributed by atoms with Gasteiger partial charge in [0.15, 0.2) is 4.96 Å². The zero-order chi connectivity index (χ0) is 18.7. The molecule has 1 amide bonds. The van der Waals surface area contributed by atoms with Crippen molar-refractivity contribution in [2.45, 2.75) is 31.7 Å². The topological polar surface area (TPSA) is 92.6 Å². The van der Waals surface area contributed by atoms with Gasteiger partial charge in [-0.2, -0.15) is 0 Å². The van der Waals surface area contributed by atoms with Crippen LogP contribution in [-0.4, -0.2) is 30.3 Å². The van der Waals surface area contributed by atoms with Crippen LogP contribution in [0.2, 0.25) is 0 Å². The lowest BCUT2D eigenvalue weighted by molar-refractivity contribution is -0.121. The molecule has 7 nitrogen and oxygen atoms in total. The summed E-state index contributed by atoms with van der Waals surface area (Å²) in [5.41, 5.74) is 2.45. The van der Waals surface area contributed by atoms with E-state index in [2.05, 4.69) is 15.0 Å². The number of imidazole rings is 1. The summed E-state index contributed by atoms with van der Waals surface area (Å²) in [7, 11) is -3.62. The van der Waals surface area contributed by atoms with E-state index in [9.17, 15) is 13.2 Å². The van der Waals surface area contributed by atoms with Gasteiger partial charge in [-0.25, -0.2) is 18.1 Å². The second-order valence-corrected chi connectivity index (χ2v) is 8.63. The summed E-state index contributed by atoms with van der Waals surface area (Å²) in [6.45, 7) is 4.02. The molecule has 0 fully saturated rings. The van der Waals surface area contributed by atoms with E-state index >= 15 is 0 Å². The first-order valence-corrected chi connectivity index (χ1v) is 10.5. The van der Waals surface area contributed by atoms with Gasteiger partial charge in [0.1, 0.15) is 0 Å². The number of amides is 1. The van der Waals surface area contributed by atoms with Crippen LogP contribution in [0.5, 0.6) is 0 Å². The van der Waals surface area contributed by atoms with Crippen molar-refractivity contribution in [3.63, 3.8) is 0 Å². The Hall–Kier alpha value is -2.23. The molecule has 138 valence electrons. The van der Waals surface area contributed by atoms with Crippen LogP contribution in [0, 0.1) is 13.8 Å². The quantitative estimate of drug-likeness (QED) is 0.643. The lowest BCUT2D eigenvalue weighted by Gasteiger charge is -2.10. The Morgan fingerprint density at radius 2 is 2.12 bits per heavy atom. The van der Waals surface area contributed by atoms with Crippen LogP contribution in [0.1, 0.15) is 23.2 Å². The van der Waals surface area contributed by atoms with E-state index in [1.165, 1.54) is 11.3 Å². The molecular weight excluding hydrogens is 372 g/mol. The van der Waals surface area contributed by atoms with E-state index < -0.39 is 10.0 Å². The number of benzene rings is 1. The molecule has 0 saturated carbocycles. The normalized spacial score (nSPS) is 11.8. The number of hydrogen-bond donors (Lipinski definition) is 2. The summed E-state index contributed by atoms with van der Waals surface area (Å²) in [4.78, 5) is 17.4. The molecule has 0 radical (unpaired) electrons. The molecule has 9 heteroatoms. The third-order valence-corrected chi connectivity index (χ3v) is 6.27. The number of aryl methyl sites for hydroxylation is 2. The van der Waals surface area contributed by atoms with Gasteiger partial charge < -0.3 is 5.32 Å². The largest absolute Gasteiger partial charge is 0.350 e. The van der Waals surface area contributed by atoms with Crippen molar-refractivity contribution in [2.24, 2.45) is 0 Å². The predicted octanol–water partition coefficient (Wildman–Crippen LogP) is 2.00. The van der Waals surface area contributed by atoms with Gasteiger partial charge in [0.25, 0.3) is 0 Å². The van der Waals surface area contributed by atoms with E-state index in [-0.39, 0.29) is 23.8 Å².